The highest BCUT2D eigenvalue weighted by Gasteiger charge is 2.31. The first-order chi connectivity index (χ1) is 28.7. The number of ether oxygens (including phenoxy) is 1. The van der Waals surface area contributed by atoms with Crippen molar-refractivity contribution in [3.8, 4) is 5.69 Å². The lowest BCUT2D eigenvalue weighted by atomic mass is 9.90. The summed E-state index contributed by atoms with van der Waals surface area (Å²) in [6.07, 6.45) is 0.762. The number of hydrogen-bond acceptors (Lipinski definition) is 4. The number of nitrogens with zero attached hydrogens (tertiary/aromatic N) is 3. The van der Waals surface area contributed by atoms with Crippen LogP contribution in [-0.2, 0) is 4.74 Å². The smallest absolute Gasteiger partial charge is 0.222 e. The van der Waals surface area contributed by atoms with Crippen molar-refractivity contribution in [3.63, 3.8) is 0 Å². The van der Waals surface area contributed by atoms with Crippen molar-refractivity contribution in [2.45, 2.75) is 12.5 Å². The van der Waals surface area contributed by atoms with Crippen LogP contribution in [-0.4, -0.2) is 16.5 Å². The minimum Gasteiger partial charge on any atom is -0.456 e. The Labute approximate surface area is 334 Å². The highest BCUT2D eigenvalue weighted by Crippen LogP contribution is 2.42. The molecule has 0 spiro atoms. The van der Waals surface area contributed by atoms with Gasteiger partial charge in [-0.3, -0.25) is 0 Å². The van der Waals surface area contributed by atoms with Gasteiger partial charge in [-0.1, -0.05) is 109 Å². The second-order valence-electron chi connectivity index (χ2n) is 15.1. The number of rotatable bonds is 6. The number of fused-ring (bicyclic) bond motifs is 8. The Morgan fingerprint density at radius 2 is 1.10 bits per heavy atom. The number of benzene rings is 8. The number of anilines is 3. The topological polar surface area (TPSA) is 42.9 Å². The Balaban J connectivity index is 1.01. The van der Waals surface area contributed by atoms with E-state index in [1.54, 1.807) is 0 Å². The van der Waals surface area contributed by atoms with Gasteiger partial charge in [0.15, 0.2) is 0 Å². The Hall–Kier alpha value is -7.63. The minimum atomic E-state index is -0.0717. The average Bonchev–Trinajstić information content (AvgIpc) is 3.99. The van der Waals surface area contributed by atoms with Gasteiger partial charge in [0, 0.05) is 61.5 Å². The van der Waals surface area contributed by atoms with E-state index in [-0.39, 0.29) is 6.04 Å². The molecule has 1 aliphatic carbocycles. The molecule has 0 saturated heterocycles. The number of aromatic nitrogens is 1. The molecule has 12 rings (SSSR count). The van der Waals surface area contributed by atoms with Crippen molar-refractivity contribution >= 4 is 78.0 Å². The van der Waals surface area contributed by atoms with Gasteiger partial charge in [0.2, 0.25) is 5.90 Å². The lowest BCUT2D eigenvalue weighted by Gasteiger charge is -2.26. The van der Waals surface area contributed by atoms with E-state index in [0.29, 0.717) is 5.90 Å². The average molecular weight is 746 g/mol. The van der Waals surface area contributed by atoms with Crippen LogP contribution in [0.25, 0.3) is 60.8 Å². The normalized spacial score (nSPS) is 14.8. The van der Waals surface area contributed by atoms with Gasteiger partial charge in [0.1, 0.15) is 23.0 Å². The van der Waals surface area contributed by atoms with Gasteiger partial charge in [-0.25, -0.2) is 4.99 Å². The summed E-state index contributed by atoms with van der Waals surface area (Å²) in [5.41, 5.74) is 11.9. The van der Waals surface area contributed by atoms with Crippen molar-refractivity contribution in [2.75, 3.05) is 4.90 Å². The fraction of sp³-hybridized carbons (Fsp3) is 0.0377. The van der Waals surface area contributed by atoms with E-state index in [1.165, 1.54) is 38.2 Å². The lowest BCUT2D eigenvalue weighted by Crippen LogP contribution is -2.36. The molecule has 8 aromatic carbocycles. The number of hydrogen-bond donors (Lipinski definition) is 0. The maximum absolute atomic E-state index is 6.48. The molecule has 1 unspecified atom stereocenters. The SMILES string of the molecule is c1ccc(C2=NC3CC(c4ccc(N(c5ccc6oc7ccccc7c6c5)c5ccc6c(c5)c5ccccc5n6-c5ccccc5)cc4)=c4ccccc4=C3O2)cc1. The van der Waals surface area contributed by atoms with Gasteiger partial charge in [0.05, 0.1) is 11.0 Å². The fourth-order valence-corrected chi connectivity index (χ4v) is 9.09. The first kappa shape index (κ1) is 32.6. The van der Waals surface area contributed by atoms with Crippen molar-refractivity contribution in [1.29, 1.82) is 0 Å². The van der Waals surface area contributed by atoms with Crippen molar-refractivity contribution in [1.82, 2.24) is 4.57 Å². The number of aliphatic imine (C=N–C) groups is 1. The summed E-state index contributed by atoms with van der Waals surface area (Å²) in [7, 11) is 0. The van der Waals surface area contributed by atoms with Gasteiger partial charge < -0.3 is 18.6 Å². The fourth-order valence-electron chi connectivity index (χ4n) is 9.09. The quantitative estimate of drug-likeness (QED) is 0.170. The molecule has 0 bridgehead atoms. The summed E-state index contributed by atoms with van der Waals surface area (Å²) in [4.78, 5) is 7.48. The third-order valence-electron chi connectivity index (χ3n) is 11.7. The Morgan fingerprint density at radius 3 is 1.93 bits per heavy atom. The molecule has 5 heteroatoms. The van der Waals surface area contributed by atoms with Crippen LogP contribution in [0.4, 0.5) is 17.1 Å². The molecule has 1 atom stereocenters. The molecule has 5 nitrogen and oxygen atoms in total. The summed E-state index contributed by atoms with van der Waals surface area (Å²) >= 11 is 0. The largest absolute Gasteiger partial charge is 0.456 e. The van der Waals surface area contributed by atoms with Crippen LogP contribution in [0.15, 0.2) is 204 Å². The van der Waals surface area contributed by atoms with Crippen molar-refractivity contribution < 1.29 is 9.15 Å². The maximum Gasteiger partial charge on any atom is 0.222 e. The predicted octanol–water partition coefficient (Wildman–Crippen LogP) is 11.7. The van der Waals surface area contributed by atoms with Crippen LogP contribution >= 0.6 is 0 Å². The molecular formula is C53H35N3O2. The highest BCUT2D eigenvalue weighted by molar-refractivity contribution is 6.11. The van der Waals surface area contributed by atoms with E-state index >= 15 is 0 Å². The van der Waals surface area contributed by atoms with E-state index in [9.17, 15) is 0 Å². The van der Waals surface area contributed by atoms with Gasteiger partial charge in [-0.15, -0.1) is 0 Å². The second-order valence-corrected chi connectivity index (χ2v) is 15.1. The molecule has 3 heterocycles. The minimum absolute atomic E-state index is 0.0717. The summed E-state index contributed by atoms with van der Waals surface area (Å²) in [5, 5.41) is 6.91. The standard InChI is InChI=1S/C53H35N3O2/c1-3-13-35(14-4-1)53-54-47-33-44(40-17-7-8-20-43(40)52(47)58-53)34-23-25-37(26-24-34)55(39-28-30-51-46(32-39)42-19-10-12-22-50(42)57-51)38-27-29-49-45(31-38)41-18-9-11-21-48(41)56(49)36-15-5-2-6-16-36/h1-32,47H,33H2. The highest BCUT2D eigenvalue weighted by atomic mass is 16.5. The van der Waals surface area contributed by atoms with Crippen LogP contribution in [0, 0.1) is 0 Å². The number of furan rings is 1. The predicted molar refractivity (Wildman–Crippen MR) is 237 cm³/mol. The summed E-state index contributed by atoms with van der Waals surface area (Å²) in [6, 6.07) is 68.7. The third-order valence-corrected chi connectivity index (χ3v) is 11.7. The van der Waals surface area contributed by atoms with Crippen LogP contribution in [0.3, 0.4) is 0 Å². The zero-order chi connectivity index (χ0) is 38.2. The first-order valence-corrected chi connectivity index (χ1v) is 19.8. The zero-order valence-electron chi connectivity index (χ0n) is 31.4. The Kier molecular flexibility index (Phi) is 7.29. The molecule has 274 valence electrons. The van der Waals surface area contributed by atoms with Crippen LogP contribution in [0.5, 0.6) is 0 Å². The molecule has 0 N–H and O–H groups in total. The molecule has 0 saturated carbocycles. The van der Waals surface area contributed by atoms with E-state index in [0.717, 1.165) is 67.7 Å². The maximum atomic E-state index is 6.48. The molecule has 2 aliphatic rings. The van der Waals surface area contributed by atoms with E-state index < -0.39 is 0 Å². The lowest BCUT2D eigenvalue weighted by molar-refractivity contribution is 0.500. The molecule has 58 heavy (non-hydrogen) atoms. The molecule has 10 aromatic rings. The first-order valence-electron chi connectivity index (χ1n) is 19.8. The van der Waals surface area contributed by atoms with Crippen molar-refractivity contribution in [3.05, 3.63) is 216 Å². The van der Waals surface area contributed by atoms with Gasteiger partial charge >= 0.3 is 0 Å². The van der Waals surface area contributed by atoms with Gasteiger partial charge in [-0.2, -0.15) is 0 Å². The Morgan fingerprint density at radius 1 is 0.483 bits per heavy atom. The summed E-state index contributed by atoms with van der Waals surface area (Å²) in [5.74, 6) is 1.63. The zero-order valence-corrected chi connectivity index (χ0v) is 31.4. The van der Waals surface area contributed by atoms with Crippen LogP contribution in [0.2, 0.25) is 0 Å². The summed E-state index contributed by atoms with van der Waals surface area (Å²) in [6.45, 7) is 0. The molecule has 0 fully saturated rings. The molecule has 2 aromatic heterocycles. The van der Waals surface area contributed by atoms with E-state index in [4.69, 9.17) is 14.1 Å². The third kappa shape index (κ3) is 5.14. The summed E-state index contributed by atoms with van der Waals surface area (Å²) < 4.78 is 15.1. The van der Waals surface area contributed by atoms with Crippen LogP contribution in [0.1, 0.15) is 17.5 Å². The number of para-hydroxylation sites is 3. The van der Waals surface area contributed by atoms with Crippen LogP contribution < -0.4 is 15.3 Å². The Bertz CT molecular complexity index is 3400. The molecule has 1 aliphatic heterocycles. The van der Waals surface area contributed by atoms with E-state index in [1.807, 2.05) is 30.3 Å². The molecule has 0 radical (unpaired) electrons. The van der Waals surface area contributed by atoms with Gasteiger partial charge in [0.25, 0.3) is 0 Å². The molecule has 0 amide bonds. The van der Waals surface area contributed by atoms with Gasteiger partial charge in [-0.05, 0) is 101 Å². The van der Waals surface area contributed by atoms with E-state index in [2.05, 4.69) is 173 Å². The monoisotopic (exact) mass is 745 g/mol. The van der Waals surface area contributed by atoms with Crippen molar-refractivity contribution in [2.24, 2.45) is 4.99 Å². The molecular weight excluding hydrogens is 711 g/mol. The second kappa shape index (κ2) is 13.0.